The molecule has 1 rings (SSSR count). The Kier molecular flexibility index (Phi) is 8.82. The van der Waals surface area contributed by atoms with Crippen molar-refractivity contribution in [1.29, 1.82) is 0 Å². The van der Waals surface area contributed by atoms with Crippen molar-refractivity contribution >= 4 is 39.3 Å². The van der Waals surface area contributed by atoms with E-state index in [1.54, 1.807) is 20.8 Å². The number of nitrogens with one attached hydrogen (secondary N) is 1. The van der Waals surface area contributed by atoms with Crippen LogP contribution >= 0.6 is 23.2 Å². The molecule has 0 bridgehead atoms. The summed E-state index contributed by atoms with van der Waals surface area (Å²) in [6.45, 7) is 5.55. The molecule has 0 aliphatic rings. The molecular formula is C17H26Cl2N2O5S. The zero-order valence-corrected chi connectivity index (χ0v) is 18.2. The quantitative estimate of drug-likeness (QED) is 0.603. The number of hydrogen-bond acceptors (Lipinski definition) is 5. The topological polar surface area (TPSA) is 95.9 Å². The number of sulfonamides is 1. The van der Waals surface area contributed by atoms with Crippen LogP contribution in [0.2, 0.25) is 10.0 Å². The summed E-state index contributed by atoms with van der Waals surface area (Å²) in [6.07, 6.45) is 0.604. The minimum Gasteiger partial charge on any atom is -0.444 e. The lowest BCUT2D eigenvalue weighted by Gasteiger charge is -2.20. The molecule has 2 N–H and O–H groups in total. The van der Waals surface area contributed by atoms with Gasteiger partial charge in [0.15, 0.2) is 0 Å². The average molecular weight is 441 g/mol. The number of aliphatic hydroxyl groups is 1. The average Bonchev–Trinajstić information content (AvgIpc) is 2.52. The third-order valence-electron chi connectivity index (χ3n) is 3.53. The SMILES string of the molecule is CN(CCCCNC(=O)OC(C)(C)C)S(=O)(=O)c1cc(CO)c(Cl)cc1Cl. The van der Waals surface area contributed by atoms with E-state index in [1.807, 2.05) is 0 Å². The van der Waals surface area contributed by atoms with Crippen molar-refractivity contribution in [2.45, 2.75) is 50.7 Å². The van der Waals surface area contributed by atoms with Gasteiger partial charge < -0.3 is 15.2 Å². The van der Waals surface area contributed by atoms with Crippen molar-refractivity contribution in [3.8, 4) is 0 Å². The largest absolute Gasteiger partial charge is 0.444 e. The smallest absolute Gasteiger partial charge is 0.407 e. The molecule has 0 saturated carbocycles. The first kappa shape index (κ1) is 24.0. The summed E-state index contributed by atoms with van der Waals surface area (Å²) in [5, 5.41) is 12.1. The highest BCUT2D eigenvalue weighted by Crippen LogP contribution is 2.30. The van der Waals surface area contributed by atoms with Crippen molar-refractivity contribution in [3.63, 3.8) is 0 Å². The number of ether oxygens (including phenoxy) is 1. The van der Waals surface area contributed by atoms with E-state index in [-0.39, 0.29) is 27.0 Å². The molecule has 27 heavy (non-hydrogen) atoms. The number of halogens is 2. The third kappa shape index (κ3) is 7.46. The number of unbranched alkanes of at least 4 members (excludes halogenated alkanes) is 1. The van der Waals surface area contributed by atoms with Gasteiger partial charge in [-0.3, -0.25) is 0 Å². The lowest BCUT2D eigenvalue weighted by Crippen LogP contribution is -2.33. The molecule has 0 aliphatic heterocycles. The first-order chi connectivity index (χ1) is 12.4. The Morgan fingerprint density at radius 1 is 1.22 bits per heavy atom. The molecule has 154 valence electrons. The zero-order chi connectivity index (χ0) is 20.8. The second kappa shape index (κ2) is 9.93. The number of amides is 1. The summed E-state index contributed by atoms with van der Waals surface area (Å²) in [6, 6.07) is 2.58. The van der Waals surface area contributed by atoms with E-state index in [0.717, 1.165) is 0 Å². The molecule has 1 aromatic carbocycles. The van der Waals surface area contributed by atoms with Crippen LogP contribution in [0.5, 0.6) is 0 Å². The number of hydrogen-bond donors (Lipinski definition) is 2. The van der Waals surface area contributed by atoms with Gasteiger partial charge in [0, 0.05) is 25.2 Å². The van der Waals surface area contributed by atoms with Crippen molar-refractivity contribution < 1.29 is 23.1 Å². The van der Waals surface area contributed by atoms with E-state index < -0.39 is 28.3 Å². The number of carbonyl (C=O) groups is 1. The summed E-state index contributed by atoms with van der Waals surface area (Å²) in [5.74, 6) is 0. The number of benzene rings is 1. The molecule has 1 amide bonds. The second-order valence-corrected chi connectivity index (χ2v) is 9.82. The van der Waals surface area contributed by atoms with Gasteiger partial charge in [0.2, 0.25) is 10.0 Å². The van der Waals surface area contributed by atoms with Gasteiger partial charge in [-0.1, -0.05) is 23.2 Å². The number of carbonyl (C=O) groups excluding carboxylic acids is 1. The number of aliphatic hydroxyl groups excluding tert-OH is 1. The highest BCUT2D eigenvalue weighted by Gasteiger charge is 2.24. The van der Waals surface area contributed by atoms with Crippen molar-refractivity contribution in [3.05, 3.63) is 27.7 Å². The normalized spacial score (nSPS) is 12.3. The molecule has 1 aromatic rings. The molecule has 0 aromatic heterocycles. The van der Waals surface area contributed by atoms with Crippen LogP contribution in [-0.4, -0.2) is 49.7 Å². The van der Waals surface area contributed by atoms with E-state index >= 15 is 0 Å². The van der Waals surface area contributed by atoms with E-state index in [4.69, 9.17) is 27.9 Å². The Balaban J connectivity index is 2.59. The van der Waals surface area contributed by atoms with Gasteiger partial charge in [0.25, 0.3) is 0 Å². The van der Waals surface area contributed by atoms with E-state index in [2.05, 4.69) is 5.32 Å². The zero-order valence-electron chi connectivity index (χ0n) is 15.9. The molecule has 0 fully saturated rings. The fraction of sp³-hybridized carbons (Fsp3) is 0.588. The van der Waals surface area contributed by atoms with Gasteiger partial charge in [-0.25, -0.2) is 17.5 Å². The molecule has 7 nitrogen and oxygen atoms in total. The number of nitrogens with zero attached hydrogens (tertiary/aromatic N) is 1. The first-order valence-electron chi connectivity index (χ1n) is 8.40. The number of alkyl carbamates (subject to hydrolysis) is 1. The van der Waals surface area contributed by atoms with Crippen molar-refractivity contribution in [1.82, 2.24) is 9.62 Å². The lowest BCUT2D eigenvalue weighted by molar-refractivity contribution is 0.0527. The lowest BCUT2D eigenvalue weighted by atomic mass is 10.2. The Morgan fingerprint density at radius 3 is 2.41 bits per heavy atom. The summed E-state index contributed by atoms with van der Waals surface area (Å²) in [5.41, 5.74) is -0.279. The molecule has 0 heterocycles. The van der Waals surface area contributed by atoms with Crippen LogP contribution in [0.4, 0.5) is 4.79 Å². The van der Waals surface area contributed by atoms with E-state index in [1.165, 1.54) is 23.5 Å². The summed E-state index contributed by atoms with van der Waals surface area (Å²) in [4.78, 5) is 11.4. The Hall–Kier alpha value is -1.06. The Bertz CT molecular complexity index is 763. The van der Waals surface area contributed by atoms with Gasteiger partial charge in [0.1, 0.15) is 10.5 Å². The second-order valence-electron chi connectivity index (χ2n) is 6.99. The van der Waals surface area contributed by atoms with Crippen LogP contribution in [0, 0.1) is 0 Å². The standard InChI is InChI=1S/C17H26Cl2N2O5S/c1-17(2,3)26-16(23)20-7-5-6-8-21(4)27(24,25)15-9-12(11-22)13(18)10-14(15)19/h9-10,22H,5-8,11H2,1-4H3,(H,20,23). The van der Waals surface area contributed by atoms with Crippen LogP contribution in [0.15, 0.2) is 17.0 Å². The summed E-state index contributed by atoms with van der Waals surface area (Å²) >= 11 is 11.9. The van der Waals surface area contributed by atoms with Gasteiger partial charge in [-0.05, 0) is 51.3 Å². The highest BCUT2D eigenvalue weighted by atomic mass is 35.5. The van der Waals surface area contributed by atoms with Crippen LogP contribution in [0.3, 0.4) is 0 Å². The summed E-state index contributed by atoms with van der Waals surface area (Å²) < 4.78 is 31.7. The molecule has 0 unspecified atom stereocenters. The Morgan fingerprint density at radius 2 is 1.85 bits per heavy atom. The maximum Gasteiger partial charge on any atom is 0.407 e. The van der Waals surface area contributed by atoms with Crippen LogP contribution in [0.1, 0.15) is 39.2 Å². The monoisotopic (exact) mass is 440 g/mol. The minimum absolute atomic E-state index is 0.00403. The van der Waals surface area contributed by atoms with Crippen LogP contribution < -0.4 is 5.32 Å². The van der Waals surface area contributed by atoms with Crippen molar-refractivity contribution in [2.75, 3.05) is 20.1 Å². The van der Waals surface area contributed by atoms with Gasteiger partial charge in [0.05, 0.1) is 11.6 Å². The molecule has 10 heteroatoms. The number of rotatable bonds is 8. The third-order valence-corrected chi connectivity index (χ3v) is 6.20. The van der Waals surface area contributed by atoms with Crippen LogP contribution in [-0.2, 0) is 21.4 Å². The fourth-order valence-corrected chi connectivity index (χ4v) is 4.18. The molecule has 0 aliphatic carbocycles. The maximum atomic E-state index is 12.7. The van der Waals surface area contributed by atoms with Crippen molar-refractivity contribution in [2.24, 2.45) is 0 Å². The van der Waals surface area contributed by atoms with Crippen LogP contribution in [0.25, 0.3) is 0 Å². The van der Waals surface area contributed by atoms with E-state index in [0.29, 0.717) is 19.4 Å². The highest BCUT2D eigenvalue weighted by molar-refractivity contribution is 7.89. The summed E-state index contributed by atoms with van der Waals surface area (Å²) in [7, 11) is -2.38. The van der Waals surface area contributed by atoms with Gasteiger partial charge >= 0.3 is 6.09 Å². The minimum atomic E-state index is -3.83. The molecule has 0 atom stereocenters. The first-order valence-corrected chi connectivity index (χ1v) is 10.6. The predicted molar refractivity (Wildman–Crippen MR) is 106 cm³/mol. The van der Waals surface area contributed by atoms with Gasteiger partial charge in [-0.15, -0.1) is 0 Å². The Labute approximate surface area is 170 Å². The molecule has 0 radical (unpaired) electrons. The maximum absolute atomic E-state index is 12.7. The van der Waals surface area contributed by atoms with E-state index in [9.17, 15) is 18.3 Å². The molecule has 0 spiro atoms. The fourth-order valence-electron chi connectivity index (χ4n) is 2.14. The molecular weight excluding hydrogens is 415 g/mol. The van der Waals surface area contributed by atoms with Gasteiger partial charge in [-0.2, -0.15) is 0 Å². The predicted octanol–water partition coefficient (Wildman–Crippen LogP) is 3.41. The molecule has 0 saturated heterocycles.